The predicted octanol–water partition coefficient (Wildman–Crippen LogP) is 1.07. The highest BCUT2D eigenvalue weighted by Crippen LogP contribution is 2.22. The van der Waals surface area contributed by atoms with Crippen LogP contribution in [0.5, 0.6) is 0 Å². The van der Waals surface area contributed by atoms with E-state index in [4.69, 9.17) is 5.11 Å². The van der Waals surface area contributed by atoms with Crippen LogP contribution in [0.15, 0.2) is 29.2 Å². The number of aliphatic hydroxyl groups excluding tert-OH is 1. The largest absolute Gasteiger partial charge is 0.480 e. The highest BCUT2D eigenvalue weighted by atomic mass is 32.2. The number of rotatable bonds is 3. The fraction of sp³-hybridized carbons (Fsp3) is 0.385. The zero-order chi connectivity index (χ0) is 14.0. The Morgan fingerprint density at radius 2 is 1.95 bits per heavy atom. The fourth-order valence-corrected chi connectivity index (χ4v) is 2.58. The van der Waals surface area contributed by atoms with Crippen LogP contribution in [0.1, 0.15) is 16.8 Å². The fourth-order valence-electron chi connectivity index (χ4n) is 2.17. The molecule has 2 N–H and O–H groups in total. The van der Waals surface area contributed by atoms with Crippen LogP contribution in [-0.2, 0) is 4.79 Å². The smallest absolute Gasteiger partial charge is 0.326 e. The lowest BCUT2D eigenvalue weighted by Gasteiger charge is -2.21. The Morgan fingerprint density at radius 1 is 1.32 bits per heavy atom. The molecule has 1 heterocycles. The number of carboxylic acid groups (broad SMARTS) is 1. The van der Waals surface area contributed by atoms with Crippen LogP contribution in [0.3, 0.4) is 0 Å². The van der Waals surface area contributed by atoms with Crippen molar-refractivity contribution in [1.82, 2.24) is 4.90 Å². The van der Waals surface area contributed by atoms with Gasteiger partial charge >= 0.3 is 5.97 Å². The molecule has 1 aliphatic rings. The number of hydrogen-bond donors (Lipinski definition) is 2. The first kappa shape index (κ1) is 13.9. The Bertz CT molecular complexity index is 488. The third-order valence-corrected chi connectivity index (χ3v) is 3.91. The van der Waals surface area contributed by atoms with E-state index in [9.17, 15) is 14.7 Å². The first-order valence-corrected chi connectivity index (χ1v) is 7.11. The number of benzene rings is 1. The lowest BCUT2D eigenvalue weighted by Crippen LogP contribution is -2.40. The van der Waals surface area contributed by atoms with Gasteiger partial charge in [-0.3, -0.25) is 4.79 Å². The number of aliphatic carboxylic acids is 1. The highest BCUT2D eigenvalue weighted by molar-refractivity contribution is 7.98. The van der Waals surface area contributed by atoms with E-state index in [1.807, 2.05) is 18.4 Å². The maximum Gasteiger partial charge on any atom is 0.326 e. The average Bonchev–Trinajstić information content (AvgIpc) is 2.80. The number of hydrogen-bond acceptors (Lipinski definition) is 4. The molecular weight excluding hydrogens is 266 g/mol. The van der Waals surface area contributed by atoms with E-state index >= 15 is 0 Å². The van der Waals surface area contributed by atoms with Gasteiger partial charge in [0.2, 0.25) is 0 Å². The van der Waals surface area contributed by atoms with Gasteiger partial charge in [-0.2, -0.15) is 0 Å². The second kappa shape index (κ2) is 5.63. The Hall–Kier alpha value is -1.53. The van der Waals surface area contributed by atoms with Crippen LogP contribution in [-0.4, -0.2) is 51.9 Å². The van der Waals surface area contributed by atoms with Crippen molar-refractivity contribution in [2.45, 2.75) is 23.5 Å². The number of nitrogens with zero attached hydrogens (tertiary/aromatic N) is 1. The summed E-state index contributed by atoms with van der Waals surface area (Å²) in [6, 6.07) is 6.05. The molecule has 0 spiro atoms. The molecule has 2 atom stereocenters. The summed E-state index contributed by atoms with van der Waals surface area (Å²) in [6.07, 6.45) is 1.26. The molecule has 0 aromatic heterocycles. The van der Waals surface area contributed by atoms with E-state index in [0.717, 1.165) is 4.90 Å². The van der Waals surface area contributed by atoms with Gasteiger partial charge in [0.15, 0.2) is 0 Å². The predicted molar refractivity (Wildman–Crippen MR) is 71.3 cm³/mol. The van der Waals surface area contributed by atoms with Crippen LogP contribution in [0.4, 0.5) is 0 Å². The molecule has 5 nitrogen and oxygen atoms in total. The minimum Gasteiger partial charge on any atom is -0.480 e. The number of carbonyl (C=O) groups is 2. The Balaban J connectivity index is 2.20. The quantitative estimate of drug-likeness (QED) is 0.810. The number of likely N-dealkylation sites (tertiary alicyclic amines) is 1. The standard InChI is InChI=1S/C13H15NO4S/c1-19-10-4-2-8(3-5-10)12(16)14-7-9(15)6-11(14)13(17)18/h2-5,9,11,15H,6-7H2,1H3,(H,17,18)/t9-,11-/m0/s1. The van der Waals surface area contributed by atoms with Gasteiger partial charge in [-0.25, -0.2) is 4.79 Å². The van der Waals surface area contributed by atoms with Gasteiger partial charge in [-0.05, 0) is 30.5 Å². The van der Waals surface area contributed by atoms with E-state index in [1.165, 1.54) is 4.90 Å². The van der Waals surface area contributed by atoms with Crippen molar-refractivity contribution in [2.75, 3.05) is 12.8 Å². The van der Waals surface area contributed by atoms with Crippen LogP contribution in [0.25, 0.3) is 0 Å². The highest BCUT2D eigenvalue weighted by Gasteiger charge is 2.39. The third-order valence-electron chi connectivity index (χ3n) is 3.16. The Labute approximate surface area is 115 Å². The third kappa shape index (κ3) is 2.90. The van der Waals surface area contributed by atoms with Crippen molar-refractivity contribution < 1.29 is 19.8 Å². The first-order chi connectivity index (χ1) is 9.02. The first-order valence-electron chi connectivity index (χ1n) is 5.89. The van der Waals surface area contributed by atoms with Gasteiger partial charge in [-0.1, -0.05) is 0 Å². The van der Waals surface area contributed by atoms with Gasteiger partial charge in [0.1, 0.15) is 6.04 Å². The molecule has 1 aliphatic heterocycles. The summed E-state index contributed by atoms with van der Waals surface area (Å²) in [5.41, 5.74) is 0.443. The topological polar surface area (TPSA) is 77.8 Å². The number of thioether (sulfide) groups is 1. The molecular formula is C13H15NO4S. The summed E-state index contributed by atoms with van der Waals surface area (Å²) >= 11 is 1.57. The summed E-state index contributed by atoms with van der Waals surface area (Å²) in [6.45, 7) is 0.0695. The molecule has 2 rings (SSSR count). The second-order valence-corrected chi connectivity index (χ2v) is 5.31. The van der Waals surface area contributed by atoms with Crippen molar-refractivity contribution in [3.05, 3.63) is 29.8 Å². The van der Waals surface area contributed by atoms with Gasteiger partial charge in [-0.15, -0.1) is 11.8 Å². The number of amides is 1. The summed E-state index contributed by atoms with van der Waals surface area (Å²) in [4.78, 5) is 25.6. The van der Waals surface area contributed by atoms with E-state index in [0.29, 0.717) is 5.56 Å². The van der Waals surface area contributed by atoms with Crippen LogP contribution < -0.4 is 0 Å². The summed E-state index contributed by atoms with van der Waals surface area (Å²) in [7, 11) is 0. The van der Waals surface area contributed by atoms with Crippen molar-refractivity contribution in [3.8, 4) is 0 Å². The van der Waals surface area contributed by atoms with E-state index < -0.39 is 18.1 Å². The molecule has 0 radical (unpaired) electrons. The van der Waals surface area contributed by atoms with Crippen LogP contribution in [0.2, 0.25) is 0 Å². The minimum absolute atomic E-state index is 0.0695. The molecule has 0 unspecified atom stereocenters. The van der Waals surface area contributed by atoms with Gasteiger partial charge in [0.05, 0.1) is 6.10 Å². The second-order valence-electron chi connectivity index (χ2n) is 4.43. The zero-order valence-electron chi connectivity index (χ0n) is 10.4. The molecule has 1 amide bonds. The number of β-amino-alcohol motifs (C(OH)–C–C–N with tert-alkyl or cyclic N) is 1. The van der Waals surface area contributed by atoms with E-state index in [1.54, 1.807) is 23.9 Å². The van der Waals surface area contributed by atoms with Crippen molar-refractivity contribution in [3.63, 3.8) is 0 Å². The molecule has 102 valence electrons. The van der Waals surface area contributed by atoms with E-state index in [-0.39, 0.29) is 18.9 Å². The Kier molecular flexibility index (Phi) is 4.11. The van der Waals surface area contributed by atoms with E-state index in [2.05, 4.69) is 0 Å². The maximum atomic E-state index is 12.3. The average molecular weight is 281 g/mol. The summed E-state index contributed by atoms with van der Waals surface area (Å²) in [5, 5.41) is 18.6. The SMILES string of the molecule is CSc1ccc(C(=O)N2C[C@@H](O)C[C@H]2C(=O)O)cc1. The molecule has 1 aromatic rings. The monoisotopic (exact) mass is 281 g/mol. The molecule has 1 saturated heterocycles. The molecule has 0 bridgehead atoms. The summed E-state index contributed by atoms with van der Waals surface area (Å²) in [5.74, 6) is -1.43. The molecule has 1 aromatic carbocycles. The van der Waals surface area contributed by atoms with Gasteiger partial charge in [0.25, 0.3) is 5.91 Å². The lowest BCUT2D eigenvalue weighted by atomic mass is 10.1. The Morgan fingerprint density at radius 3 is 2.47 bits per heavy atom. The van der Waals surface area contributed by atoms with Crippen LogP contribution >= 0.6 is 11.8 Å². The number of carboxylic acids is 1. The normalized spacial score (nSPS) is 22.5. The lowest BCUT2D eigenvalue weighted by molar-refractivity contribution is -0.141. The van der Waals surface area contributed by atoms with Crippen molar-refractivity contribution in [2.24, 2.45) is 0 Å². The number of aliphatic hydroxyl groups is 1. The molecule has 19 heavy (non-hydrogen) atoms. The molecule has 0 saturated carbocycles. The number of carbonyl (C=O) groups excluding carboxylic acids is 1. The molecule has 6 heteroatoms. The van der Waals surface area contributed by atoms with Gasteiger partial charge in [0, 0.05) is 23.4 Å². The van der Waals surface area contributed by atoms with Crippen LogP contribution in [0, 0.1) is 0 Å². The van der Waals surface area contributed by atoms with Gasteiger partial charge < -0.3 is 15.1 Å². The van der Waals surface area contributed by atoms with Crippen molar-refractivity contribution >= 4 is 23.6 Å². The zero-order valence-corrected chi connectivity index (χ0v) is 11.3. The molecule has 0 aliphatic carbocycles. The minimum atomic E-state index is -1.08. The van der Waals surface area contributed by atoms with Crippen molar-refractivity contribution in [1.29, 1.82) is 0 Å². The molecule has 1 fully saturated rings. The maximum absolute atomic E-state index is 12.3. The summed E-state index contributed by atoms with van der Waals surface area (Å²) < 4.78 is 0.